The predicted octanol–water partition coefficient (Wildman–Crippen LogP) is 4.69. The van der Waals surface area contributed by atoms with Crippen LogP contribution in [0, 0.1) is 22.7 Å². The first kappa shape index (κ1) is 20.6. The summed E-state index contributed by atoms with van der Waals surface area (Å²) in [6.45, 7) is 17.0. The monoisotopic (exact) mass is 393 g/mol. The number of esters is 1. The molecule has 2 saturated carbocycles. The molecule has 2 aliphatic carbocycles. The summed E-state index contributed by atoms with van der Waals surface area (Å²) < 4.78 is 12.5. The topological polar surface area (TPSA) is 48.0 Å². The molecule has 0 aromatic rings. The van der Waals surface area contributed by atoms with Gasteiger partial charge >= 0.3 is 5.97 Å². The summed E-state index contributed by atoms with van der Waals surface area (Å²) >= 11 is 0. The third kappa shape index (κ3) is 2.58. The van der Waals surface area contributed by atoms with Gasteiger partial charge in [0.15, 0.2) is 5.60 Å². The molecule has 2 aliphatic heterocycles. The van der Waals surface area contributed by atoms with E-state index < -0.39 is 11.2 Å². The molecule has 5 nitrogen and oxygen atoms in total. The van der Waals surface area contributed by atoms with Gasteiger partial charge in [-0.3, -0.25) is 4.84 Å². The number of fused-ring (bicyclic) bond motifs is 7. The van der Waals surface area contributed by atoms with Gasteiger partial charge in [-0.2, -0.15) is 5.06 Å². The number of nitrogens with zero attached hydrogens (tertiary/aromatic N) is 1. The highest BCUT2D eigenvalue weighted by Gasteiger charge is 2.75. The molecule has 0 radical (unpaired) electrons. The van der Waals surface area contributed by atoms with E-state index in [0.717, 1.165) is 19.3 Å². The van der Waals surface area contributed by atoms with Crippen molar-refractivity contribution < 1.29 is 19.1 Å². The minimum Gasteiger partial charge on any atom is -0.458 e. The van der Waals surface area contributed by atoms with Crippen LogP contribution in [0.15, 0.2) is 0 Å². The highest BCUT2D eigenvalue weighted by Crippen LogP contribution is 2.70. The fraction of sp³-hybridized carbons (Fsp3) is 0.957. The largest absolute Gasteiger partial charge is 0.458 e. The molecule has 0 aromatic heterocycles. The first-order chi connectivity index (χ1) is 12.9. The molecule has 2 saturated heterocycles. The smallest absolute Gasteiger partial charge is 0.341 e. The molecule has 5 heteroatoms. The SMILES string of the molecule is CCCC[C@H]1[C@@H]2O[C@@H]3[C@@H]([C@H]4CC[C@]3(C)C4(C)C)N2O[C@]1(C)C(=O)OC(C)(C)C. The Bertz CT molecular complexity index is 655. The van der Waals surface area contributed by atoms with Gasteiger partial charge in [0.1, 0.15) is 11.8 Å². The van der Waals surface area contributed by atoms with E-state index in [2.05, 4.69) is 32.8 Å². The molecule has 4 fully saturated rings. The molecule has 0 spiro atoms. The summed E-state index contributed by atoms with van der Waals surface area (Å²) in [5.74, 6) is 0.281. The van der Waals surface area contributed by atoms with Crippen molar-refractivity contribution in [2.45, 2.75) is 117 Å². The molecule has 2 heterocycles. The number of ether oxygens (including phenoxy) is 2. The lowest BCUT2D eigenvalue weighted by atomic mass is 9.70. The van der Waals surface area contributed by atoms with E-state index in [9.17, 15) is 4.79 Å². The van der Waals surface area contributed by atoms with Gasteiger partial charge in [-0.25, -0.2) is 4.79 Å². The molecule has 4 rings (SSSR count). The number of unbranched alkanes of at least 4 members (excludes halogenated alkanes) is 1. The van der Waals surface area contributed by atoms with Crippen LogP contribution in [0.1, 0.15) is 87.5 Å². The van der Waals surface area contributed by atoms with Crippen molar-refractivity contribution in [1.29, 1.82) is 0 Å². The quantitative estimate of drug-likeness (QED) is 0.649. The van der Waals surface area contributed by atoms with Gasteiger partial charge in [0, 0.05) is 11.3 Å². The maximum Gasteiger partial charge on any atom is 0.341 e. The zero-order valence-corrected chi connectivity index (χ0v) is 19.0. The normalized spacial score (nSPS) is 46.6. The lowest BCUT2D eigenvalue weighted by Gasteiger charge is -2.39. The maximum absolute atomic E-state index is 13.2. The number of hydrogen-bond donors (Lipinski definition) is 0. The summed E-state index contributed by atoms with van der Waals surface area (Å²) in [5, 5.41) is 2.09. The van der Waals surface area contributed by atoms with Crippen LogP contribution in [0.4, 0.5) is 0 Å². The van der Waals surface area contributed by atoms with Crippen molar-refractivity contribution in [3.05, 3.63) is 0 Å². The molecule has 4 aliphatic rings. The van der Waals surface area contributed by atoms with Gasteiger partial charge < -0.3 is 9.47 Å². The zero-order valence-electron chi connectivity index (χ0n) is 19.0. The molecule has 0 N–H and O–H groups in total. The van der Waals surface area contributed by atoms with E-state index in [0.29, 0.717) is 5.92 Å². The average Bonchev–Trinajstić information content (AvgIpc) is 3.17. The number of rotatable bonds is 4. The van der Waals surface area contributed by atoms with Gasteiger partial charge in [0.25, 0.3) is 0 Å². The van der Waals surface area contributed by atoms with Crippen molar-refractivity contribution in [2.24, 2.45) is 22.7 Å². The molecule has 0 unspecified atom stereocenters. The second-order valence-corrected chi connectivity index (χ2v) is 11.5. The van der Waals surface area contributed by atoms with Crippen molar-refractivity contribution in [3.63, 3.8) is 0 Å². The first-order valence-corrected chi connectivity index (χ1v) is 11.2. The number of hydrogen-bond acceptors (Lipinski definition) is 5. The number of carbonyl (C=O) groups excluding carboxylic acids is 1. The Morgan fingerprint density at radius 2 is 1.89 bits per heavy atom. The van der Waals surface area contributed by atoms with E-state index >= 15 is 0 Å². The van der Waals surface area contributed by atoms with Crippen LogP contribution < -0.4 is 0 Å². The predicted molar refractivity (Wildman–Crippen MR) is 107 cm³/mol. The zero-order chi connectivity index (χ0) is 20.7. The average molecular weight is 394 g/mol. The van der Waals surface area contributed by atoms with E-state index in [-0.39, 0.29) is 41.1 Å². The van der Waals surface area contributed by atoms with Gasteiger partial charge in [0.05, 0.1) is 12.1 Å². The lowest BCUT2D eigenvalue weighted by Crippen LogP contribution is -2.49. The van der Waals surface area contributed by atoms with Gasteiger partial charge in [-0.15, -0.1) is 0 Å². The highest BCUT2D eigenvalue weighted by atomic mass is 16.8. The summed E-state index contributed by atoms with van der Waals surface area (Å²) in [6, 6.07) is 0.243. The third-order valence-corrected chi connectivity index (χ3v) is 8.57. The van der Waals surface area contributed by atoms with Gasteiger partial charge in [-0.1, -0.05) is 40.5 Å². The van der Waals surface area contributed by atoms with Crippen LogP contribution in [0.2, 0.25) is 0 Å². The highest BCUT2D eigenvalue weighted by molar-refractivity contribution is 5.80. The van der Waals surface area contributed by atoms with E-state index in [1.165, 1.54) is 12.8 Å². The Balaban J connectivity index is 1.65. The van der Waals surface area contributed by atoms with Crippen molar-refractivity contribution >= 4 is 5.97 Å². The molecule has 0 amide bonds. The lowest BCUT2D eigenvalue weighted by molar-refractivity contribution is -0.239. The van der Waals surface area contributed by atoms with E-state index in [1.807, 2.05) is 27.7 Å². The van der Waals surface area contributed by atoms with Crippen molar-refractivity contribution in [1.82, 2.24) is 5.06 Å². The van der Waals surface area contributed by atoms with Crippen LogP contribution in [0.3, 0.4) is 0 Å². The summed E-state index contributed by atoms with van der Waals surface area (Å²) in [4.78, 5) is 19.7. The van der Waals surface area contributed by atoms with E-state index in [1.54, 1.807) is 0 Å². The van der Waals surface area contributed by atoms with Crippen LogP contribution in [0.25, 0.3) is 0 Å². The van der Waals surface area contributed by atoms with Gasteiger partial charge in [0.2, 0.25) is 0 Å². The molecule has 2 bridgehead atoms. The standard InChI is InChI=1S/C23H39NO4/c1-9-10-11-15-18-24(28-23(15,8)19(25)27-20(2,3)4)16-14-12-13-22(7,17(16)26-18)21(14,5)6/h14-18H,9-13H2,1-8H3/t14-,15+,16-,17-,18+,22+,23+/m1/s1. The minimum absolute atomic E-state index is 0.000915. The van der Waals surface area contributed by atoms with Crippen LogP contribution >= 0.6 is 0 Å². The third-order valence-electron chi connectivity index (χ3n) is 8.57. The Morgan fingerprint density at radius 3 is 2.50 bits per heavy atom. The summed E-state index contributed by atoms with van der Waals surface area (Å²) in [5.41, 5.74) is -1.11. The van der Waals surface area contributed by atoms with Gasteiger partial charge in [-0.05, 0) is 58.3 Å². The summed E-state index contributed by atoms with van der Waals surface area (Å²) in [6.07, 6.45) is 5.54. The molecule has 0 aromatic carbocycles. The maximum atomic E-state index is 13.2. The second-order valence-electron chi connectivity index (χ2n) is 11.5. The molecule has 28 heavy (non-hydrogen) atoms. The van der Waals surface area contributed by atoms with Crippen molar-refractivity contribution in [3.8, 4) is 0 Å². The molecule has 160 valence electrons. The Kier molecular flexibility index (Phi) is 4.55. The summed E-state index contributed by atoms with van der Waals surface area (Å²) in [7, 11) is 0. The Morgan fingerprint density at radius 1 is 1.21 bits per heavy atom. The number of carbonyl (C=O) groups is 1. The number of hydroxylamine groups is 2. The van der Waals surface area contributed by atoms with Crippen LogP contribution in [-0.2, 0) is 19.1 Å². The minimum atomic E-state index is -0.981. The van der Waals surface area contributed by atoms with Crippen molar-refractivity contribution in [2.75, 3.05) is 0 Å². The molecule has 7 atom stereocenters. The van der Waals surface area contributed by atoms with Crippen LogP contribution in [0.5, 0.6) is 0 Å². The fourth-order valence-electron chi connectivity index (χ4n) is 6.53. The molecular formula is C23H39NO4. The van der Waals surface area contributed by atoms with E-state index in [4.69, 9.17) is 14.3 Å². The second kappa shape index (κ2) is 6.18. The van der Waals surface area contributed by atoms with Crippen LogP contribution in [-0.4, -0.2) is 40.6 Å². The first-order valence-electron chi connectivity index (χ1n) is 11.2. The fourth-order valence-corrected chi connectivity index (χ4v) is 6.53. The Hall–Kier alpha value is -0.650. The molecular weight excluding hydrogens is 354 g/mol. The Labute approximate surface area is 170 Å².